The van der Waals surface area contributed by atoms with Crippen LogP contribution in [0.1, 0.15) is 12.0 Å². The second-order valence-corrected chi connectivity index (χ2v) is 6.59. The maximum absolute atomic E-state index is 14.4. The molecule has 2 aliphatic rings. The lowest BCUT2D eigenvalue weighted by Crippen LogP contribution is -2.60. The number of carboxylic acid groups (broad SMARTS) is 2. The van der Waals surface area contributed by atoms with E-state index >= 15 is 0 Å². The van der Waals surface area contributed by atoms with Crippen LogP contribution in [0, 0.1) is 17.7 Å². The summed E-state index contributed by atoms with van der Waals surface area (Å²) >= 11 is 5.65. The first-order valence-electron chi connectivity index (χ1n) is 7.13. The number of carboxylic acids is 2. The molecule has 0 aliphatic heterocycles. The summed E-state index contributed by atoms with van der Waals surface area (Å²) in [6.07, 6.45) is -1.18. The number of rotatable bonds is 5. The zero-order chi connectivity index (χ0) is 17.9. The molecule has 1 aromatic rings. The molecule has 3 unspecified atom stereocenters. The van der Waals surface area contributed by atoms with Crippen molar-refractivity contribution in [1.82, 2.24) is 0 Å². The van der Waals surface area contributed by atoms with E-state index in [1.165, 1.54) is 12.1 Å². The molecule has 130 valence electrons. The minimum atomic E-state index is -2.63. The molecular weight excluding hydrogens is 348 g/mol. The van der Waals surface area contributed by atoms with Gasteiger partial charge >= 0.3 is 11.9 Å². The van der Waals surface area contributed by atoms with Gasteiger partial charge in [0.05, 0.1) is 17.7 Å². The Hall–Kier alpha value is -1.77. The molecule has 0 heterocycles. The monoisotopic (exact) mass is 361 g/mol. The Morgan fingerprint density at radius 3 is 2.58 bits per heavy atom. The van der Waals surface area contributed by atoms with Crippen LogP contribution >= 0.6 is 11.6 Å². The van der Waals surface area contributed by atoms with Crippen LogP contribution in [-0.2, 0) is 20.9 Å². The van der Waals surface area contributed by atoms with Crippen molar-refractivity contribution in [2.45, 2.75) is 30.3 Å². The van der Waals surface area contributed by atoms with Crippen LogP contribution in [0.4, 0.5) is 8.78 Å². The first kappa shape index (κ1) is 17.1. The Bertz CT molecular complexity index is 732. The van der Waals surface area contributed by atoms with Crippen molar-refractivity contribution in [3.63, 3.8) is 0 Å². The number of carbonyl (C=O) groups is 2. The number of halogens is 3. The maximum atomic E-state index is 14.4. The summed E-state index contributed by atoms with van der Waals surface area (Å²) in [6.45, 7) is -0.108. The Morgan fingerprint density at radius 2 is 2.04 bits per heavy atom. The van der Waals surface area contributed by atoms with Gasteiger partial charge in [-0.3, -0.25) is 4.79 Å². The maximum Gasteiger partial charge on any atom is 0.342 e. The zero-order valence-corrected chi connectivity index (χ0v) is 13.0. The fraction of sp³-hybridized carbons (Fsp3) is 0.467. The number of aliphatic carboxylic acids is 2. The second kappa shape index (κ2) is 5.37. The molecule has 3 rings (SSSR count). The molecule has 9 heteroatoms. The standard InChI is InChI=1S/C15H14ClF2NO5/c16-8-3-6(1-2-9(8)17)5-24-10-4-7-11(14(7,18)12(20)21)15(10,19)13(22)23/h1-3,7,10-11H,4-5,19H2,(H,20,21)(H,22,23)/t7?,10?,11?,14-,15+/m1/s1. The van der Waals surface area contributed by atoms with E-state index in [4.69, 9.17) is 27.2 Å². The van der Waals surface area contributed by atoms with Crippen LogP contribution in [0.3, 0.4) is 0 Å². The van der Waals surface area contributed by atoms with Gasteiger partial charge in [0.25, 0.3) is 0 Å². The number of fused-ring (bicyclic) bond motifs is 1. The summed E-state index contributed by atoms with van der Waals surface area (Å²) in [7, 11) is 0. The van der Waals surface area contributed by atoms with Gasteiger partial charge in [-0.1, -0.05) is 17.7 Å². The topological polar surface area (TPSA) is 110 Å². The fourth-order valence-corrected chi connectivity index (χ4v) is 3.84. The Balaban J connectivity index is 1.76. The van der Waals surface area contributed by atoms with Crippen molar-refractivity contribution in [3.05, 3.63) is 34.6 Å². The highest BCUT2D eigenvalue weighted by molar-refractivity contribution is 6.30. The molecule has 0 bridgehead atoms. The van der Waals surface area contributed by atoms with Crippen LogP contribution in [-0.4, -0.2) is 39.5 Å². The highest BCUT2D eigenvalue weighted by Crippen LogP contribution is 2.67. The summed E-state index contributed by atoms with van der Waals surface area (Å²) in [5.74, 6) is -6.18. The van der Waals surface area contributed by atoms with Crippen LogP contribution in [0.15, 0.2) is 18.2 Å². The minimum Gasteiger partial charge on any atom is -0.480 e. The van der Waals surface area contributed by atoms with Crippen molar-refractivity contribution >= 4 is 23.5 Å². The molecule has 2 saturated carbocycles. The third-order valence-corrected chi connectivity index (χ3v) is 5.22. The van der Waals surface area contributed by atoms with Crippen molar-refractivity contribution in [2.24, 2.45) is 17.6 Å². The quantitative estimate of drug-likeness (QED) is 0.734. The van der Waals surface area contributed by atoms with Crippen molar-refractivity contribution in [2.75, 3.05) is 0 Å². The molecule has 2 fully saturated rings. The first-order valence-corrected chi connectivity index (χ1v) is 7.51. The third-order valence-electron chi connectivity index (χ3n) is 4.93. The lowest BCUT2D eigenvalue weighted by molar-refractivity contribution is -0.156. The predicted octanol–water partition coefficient (Wildman–Crippen LogP) is 1.59. The van der Waals surface area contributed by atoms with E-state index in [1.807, 2.05) is 0 Å². The average molecular weight is 362 g/mol. The predicted molar refractivity (Wildman–Crippen MR) is 77.6 cm³/mol. The highest BCUT2D eigenvalue weighted by Gasteiger charge is 2.85. The van der Waals surface area contributed by atoms with Gasteiger partial charge in [-0.15, -0.1) is 0 Å². The van der Waals surface area contributed by atoms with Gasteiger partial charge in [-0.25, -0.2) is 13.6 Å². The number of hydrogen-bond donors (Lipinski definition) is 3. The summed E-state index contributed by atoms with van der Waals surface area (Å²) in [5.41, 5.74) is 1.56. The van der Waals surface area contributed by atoms with E-state index in [-0.39, 0.29) is 18.1 Å². The van der Waals surface area contributed by atoms with Crippen molar-refractivity contribution in [3.8, 4) is 0 Å². The number of benzene rings is 1. The van der Waals surface area contributed by atoms with Gasteiger partial charge in [-0.05, 0) is 24.1 Å². The van der Waals surface area contributed by atoms with E-state index in [1.54, 1.807) is 0 Å². The highest BCUT2D eigenvalue weighted by atomic mass is 35.5. The largest absolute Gasteiger partial charge is 0.480 e. The zero-order valence-electron chi connectivity index (χ0n) is 12.2. The lowest BCUT2D eigenvalue weighted by atomic mass is 9.88. The van der Waals surface area contributed by atoms with Crippen LogP contribution < -0.4 is 5.73 Å². The molecule has 0 spiro atoms. The molecule has 6 nitrogen and oxygen atoms in total. The smallest absolute Gasteiger partial charge is 0.342 e. The Morgan fingerprint density at radius 1 is 1.38 bits per heavy atom. The summed E-state index contributed by atoms with van der Waals surface area (Å²) in [6, 6.07) is 3.87. The van der Waals surface area contributed by atoms with E-state index in [0.717, 1.165) is 6.07 Å². The molecule has 0 aromatic heterocycles. The van der Waals surface area contributed by atoms with Crippen LogP contribution in [0.5, 0.6) is 0 Å². The molecule has 0 radical (unpaired) electrons. The normalized spacial score (nSPS) is 37.1. The molecular formula is C15H14ClF2NO5. The van der Waals surface area contributed by atoms with E-state index in [2.05, 4.69) is 0 Å². The Labute approximate surface area is 140 Å². The van der Waals surface area contributed by atoms with E-state index in [9.17, 15) is 23.5 Å². The molecule has 4 N–H and O–H groups in total. The summed E-state index contributed by atoms with van der Waals surface area (Å²) in [4.78, 5) is 22.6. The molecule has 24 heavy (non-hydrogen) atoms. The van der Waals surface area contributed by atoms with Gasteiger partial charge in [-0.2, -0.15) is 0 Å². The average Bonchev–Trinajstić information content (AvgIpc) is 2.98. The summed E-state index contributed by atoms with van der Waals surface area (Å²) in [5, 5.41) is 18.3. The van der Waals surface area contributed by atoms with Gasteiger partial charge in [0.1, 0.15) is 11.4 Å². The first-order chi connectivity index (χ1) is 11.1. The Kier molecular flexibility index (Phi) is 3.82. The van der Waals surface area contributed by atoms with Gasteiger partial charge in [0.2, 0.25) is 5.67 Å². The third kappa shape index (κ3) is 2.21. The SMILES string of the molecule is N[C@@]1(C(=O)O)C(OCc2ccc(F)c(Cl)c2)CC2C1[C@@]2(F)C(=O)O. The fourth-order valence-electron chi connectivity index (χ4n) is 3.63. The molecule has 5 atom stereocenters. The van der Waals surface area contributed by atoms with Crippen molar-refractivity contribution < 1.29 is 33.3 Å². The van der Waals surface area contributed by atoms with Crippen LogP contribution in [0.2, 0.25) is 5.02 Å². The van der Waals surface area contributed by atoms with Crippen molar-refractivity contribution in [1.29, 1.82) is 0 Å². The summed E-state index contributed by atoms with van der Waals surface area (Å²) < 4.78 is 33.0. The number of hydrogen-bond acceptors (Lipinski definition) is 4. The van der Waals surface area contributed by atoms with E-state index in [0.29, 0.717) is 5.56 Å². The molecule has 1 aromatic carbocycles. The minimum absolute atomic E-state index is 0.108. The molecule has 0 amide bonds. The van der Waals surface area contributed by atoms with Gasteiger partial charge < -0.3 is 20.7 Å². The van der Waals surface area contributed by atoms with Gasteiger partial charge in [0.15, 0.2) is 0 Å². The number of alkyl halides is 1. The second-order valence-electron chi connectivity index (χ2n) is 6.18. The lowest BCUT2D eigenvalue weighted by Gasteiger charge is -2.31. The molecule has 0 saturated heterocycles. The number of ether oxygens (including phenoxy) is 1. The van der Waals surface area contributed by atoms with Crippen LogP contribution in [0.25, 0.3) is 0 Å². The van der Waals surface area contributed by atoms with E-state index < -0.39 is 46.9 Å². The molecule has 2 aliphatic carbocycles. The van der Waals surface area contributed by atoms with Gasteiger partial charge in [0, 0.05) is 11.8 Å². The number of nitrogens with two attached hydrogens (primary N) is 1.